The molecule has 3 rings (SSSR count). The zero-order valence-corrected chi connectivity index (χ0v) is 13.1. The first kappa shape index (κ1) is 17.3. The summed E-state index contributed by atoms with van der Waals surface area (Å²) in [5.41, 5.74) is 0.896. The van der Waals surface area contributed by atoms with Crippen LogP contribution in [0.25, 0.3) is 0 Å². The SMILES string of the molecule is O=C(NCC1(O)CCc2ccccc21)c1ccc(OC(F)(F)F)cc1. The second kappa shape index (κ2) is 6.40. The van der Waals surface area contributed by atoms with Gasteiger partial charge in [0.15, 0.2) is 0 Å². The van der Waals surface area contributed by atoms with E-state index in [9.17, 15) is 23.1 Å². The third kappa shape index (κ3) is 3.93. The van der Waals surface area contributed by atoms with E-state index < -0.39 is 23.6 Å². The molecule has 0 aliphatic heterocycles. The van der Waals surface area contributed by atoms with Gasteiger partial charge in [0.2, 0.25) is 0 Å². The second-order valence-corrected chi connectivity index (χ2v) is 5.94. The predicted molar refractivity (Wildman–Crippen MR) is 84.1 cm³/mol. The van der Waals surface area contributed by atoms with Gasteiger partial charge in [0.05, 0.1) is 6.54 Å². The highest BCUT2D eigenvalue weighted by Crippen LogP contribution is 2.36. The number of halogens is 3. The number of alkyl halides is 3. The third-order valence-electron chi connectivity index (χ3n) is 4.22. The molecule has 0 radical (unpaired) electrons. The van der Waals surface area contributed by atoms with Crippen LogP contribution in [0.15, 0.2) is 48.5 Å². The van der Waals surface area contributed by atoms with E-state index in [-0.39, 0.29) is 12.1 Å². The van der Waals surface area contributed by atoms with Crippen molar-refractivity contribution in [1.82, 2.24) is 5.32 Å². The minimum Gasteiger partial charge on any atom is -0.406 e. The van der Waals surface area contributed by atoms with E-state index >= 15 is 0 Å². The fourth-order valence-electron chi connectivity index (χ4n) is 2.99. The van der Waals surface area contributed by atoms with E-state index in [0.717, 1.165) is 29.7 Å². The third-order valence-corrected chi connectivity index (χ3v) is 4.22. The molecule has 132 valence electrons. The van der Waals surface area contributed by atoms with Crippen molar-refractivity contribution >= 4 is 5.91 Å². The molecule has 7 heteroatoms. The summed E-state index contributed by atoms with van der Waals surface area (Å²) >= 11 is 0. The Morgan fingerprint density at radius 3 is 2.52 bits per heavy atom. The van der Waals surface area contributed by atoms with Crippen LogP contribution in [0.1, 0.15) is 27.9 Å². The number of nitrogens with one attached hydrogen (secondary N) is 1. The maximum atomic E-state index is 12.2. The summed E-state index contributed by atoms with van der Waals surface area (Å²) in [5, 5.41) is 13.4. The van der Waals surface area contributed by atoms with Gasteiger partial charge in [-0.1, -0.05) is 24.3 Å². The predicted octanol–water partition coefficient (Wildman–Crippen LogP) is 3.15. The second-order valence-electron chi connectivity index (χ2n) is 5.94. The van der Waals surface area contributed by atoms with E-state index in [1.807, 2.05) is 24.3 Å². The quantitative estimate of drug-likeness (QED) is 0.890. The molecule has 0 fully saturated rings. The number of hydrogen-bond acceptors (Lipinski definition) is 3. The molecule has 0 aromatic heterocycles. The summed E-state index contributed by atoms with van der Waals surface area (Å²) in [7, 11) is 0. The number of benzene rings is 2. The molecule has 1 atom stereocenters. The van der Waals surface area contributed by atoms with Crippen LogP contribution in [-0.4, -0.2) is 23.9 Å². The molecule has 1 unspecified atom stereocenters. The maximum absolute atomic E-state index is 12.2. The fraction of sp³-hybridized carbons (Fsp3) is 0.278. The van der Waals surface area contributed by atoms with Crippen molar-refractivity contribution < 1.29 is 27.8 Å². The van der Waals surface area contributed by atoms with Crippen molar-refractivity contribution in [2.75, 3.05) is 6.54 Å². The molecule has 0 saturated carbocycles. The van der Waals surface area contributed by atoms with E-state index in [1.165, 1.54) is 12.1 Å². The smallest absolute Gasteiger partial charge is 0.406 e. The Kier molecular flexibility index (Phi) is 4.43. The summed E-state index contributed by atoms with van der Waals surface area (Å²) in [6.45, 7) is 0.0314. The van der Waals surface area contributed by atoms with E-state index in [0.29, 0.717) is 6.42 Å². The number of hydrogen-bond donors (Lipinski definition) is 2. The standard InChI is InChI=1S/C18H16F3NO3/c19-18(20,21)25-14-7-5-13(6-8-14)16(23)22-11-17(24)10-9-12-3-1-2-4-15(12)17/h1-8,24H,9-11H2,(H,22,23). The molecular formula is C18H16F3NO3. The largest absolute Gasteiger partial charge is 0.573 e. The topological polar surface area (TPSA) is 58.6 Å². The first-order chi connectivity index (χ1) is 11.8. The molecule has 0 spiro atoms. The van der Waals surface area contributed by atoms with E-state index in [2.05, 4.69) is 10.1 Å². The Labute approximate surface area is 142 Å². The van der Waals surface area contributed by atoms with Crippen molar-refractivity contribution in [1.29, 1.82) is 0 Å². The van der Waals surface area contributed by atoms with Crippen LogP contribution in [-0.2, 0) is 12.0 Å². The number of fused-ring (bicyclic) bond motifs is 1. The van der Waals surface area contributed by atoms with Crippen LogP contribution in [0.3, 0.4) is 0 Å². The summed E-state index contributed by atoms with van der Waals surface area (Å²) in [6.07, 6.45) is -3.54. The molecule has 0 heterocycles. The molecule has 25 heavy (non-hydrogen) atoms. The maximum Gasteiger partial charge on any atom is 0.573 e. The van der Waals surface area contributed by atoms with Gasteiger partial charge in [-0.15, -0.1) is 13.2 Å². The molecule has 0 bridgehead atoms. The minimum absolute atomic E-state index is 0.0314. The van der Waals surface area contributed by atoms with Crippen molar-refractivity contribution in [3.8, 4) is 5.75 Å². The lowest BCUT2D eigenvalue weighted by molar-refractivity contribution is -0.274. The van der Waals surface area contributed by atoms with Crippen molar-refractivity contribution in [2.45, 2.75) is 24.8 Å². The summed E-state index contributed by atoms with van der Waals surface area (Å²) in [6, 6.07) is 12.1. The molecule has 1 aliphatic carbocycles. The van der Waals surface area contributed by atoms with Crippen molar-refractivity contribution in [3.05, 3.63) is 65.2 Å². The van der Waals surface area contributed by atoms with Gasteiger partial charge in [-0.25, -0.2) is 0 Å². The highest BCUT2D eigenvalue weighted by Gasteiger charge is 2.36. The summed E-state index contributed by atoms with van der Waals surface area (Å²) < 4.78 is 40.1. The fourth-order valence-corrected chi connectivity index (χ4v) is 2.99. The monoisotopic (exact) mass is 351 g/mol. The van der Waals surface area contributed by atoms with E-state index in [4.69, 9.17) is 0 Å². The minimum atomic E-state index is -4.77. The van der Waals surface area contributed by atoms with Gasteiger partial charge in [-0.3, -0.25) is 4.79 Å². The normalized spacial score (nSPS) is 19.4. The summed E-state index contributed by atoms with van der Waals surface area (Å²) in [5.74, 6) is -0.872. The molecule has 2 N–H and O–H groups in total. The lowest BCUT2D eigenvalue weighted by Gasteiger charge is -2.24. The molecule has 4 nitrogen and oxygen atoms in total. The number of carbonyl (C=O) groups is 1. The molecule has 2 aromatic carbocycles. The molecule has 1 aliphatic rings. The van der Waals surface area contributed by atoms with Crippen LogP contribution in [0.5, 0.6) is 5.75 Å². The number of rotatable bonds is 4. The van der Waals surface area contributed by atoms with Crippen LogP contribution in [0.2, 0.25) is 0 Å². The highest BCUT2D eigenvalue weighted by atomic mass is 19.4. The van der Waals surface area contributed by atoms with Gasteiger partial charge in [0, 0.05) is 5.56 Å². The summed E-state index contributed by atoms with van der Waals surface area (Å²) in [4.78, 5) is 12.2. The van der Waals surface area contributed by atoms with Crippen LogP contribution < -0.4 is 10.1 Å². The zero-order valence-electron chi connectivity index (χ0n) is 13.1. The molecular weight excluding hydrogens is 335 g/mol. The Morgan fingerprint density at radius 2 is 1.84 bits per heavy atom. The van der Waals surface area contributed by atoms with Gasteiger partial charge in [0.1, 0.15) is 11.4 Å². The lowest BCUT2D eigenvalue weighted by Crippen LogP contribution is -2.39. The number of carbonyl (C=O) groups excluding carboxylic acids is 1. The van der Waals surface area contributed by atoms with Gasteiger partial charge in [0.25, 0.3) is 5.91 Å². The van der Waals surface area contributed by atoms with Crippen molar-refractivity contribution in [2.24, 2.45) is 0 Å². The van der Waals surface area contributed by atoms with Gasteiger partial charge >= 0.3 is 6.36 Å². The van der Waals surface area contributed by atoms with Crippen LogP contribution in [0, 0.1) is 0 Å². The average molecular weight is 351 g/mol. The van der Waals surface area contributed by atoms with Crippen LogP contribution in [0.4, 0.5) is 13.2 Å². The zero-order chi connectivity index (χ0) is 18.1. The Balaban J connectivity index is 1.63. The lowest BCUT2D eigenvalue weighted by atomic mass is 9.96. The Hall–Kier alpha value is -2.54. The number of aliphatic hydroxyl groups is 1. The average Bonchev–Trinajstić information content (AvgIpc) is 2.90. The molecule has 1 amide bonds. The Bertz CT molecular complexity index is 774. The van der Waals surface area contributed by atoms with Crippen molar-refractivity contribution in [3.63, 3.8) is 0 Å². The Morgan fingerprint density at radius 1 is 1.16 bits per heavy atom. The highest BCUT2D eigenvalue weighted by molar-refractivity contribution is 5.94. The molecule has 0 saturated heterocycles. The number of amides is 1. The first-order valence-corrected chi connectivity index (χ1v) is 7.72. The van der Waals surface area contributed by atoms with Crippen LogP contribution >= 0.6 is 0 Å². The van der Waals surface area contributed by atoms with Gasteiger partial charge < -0.3 is 15.2 Å². The first-order valence-electron chi connectivity index (χ1n) is 7.72. The van der Waals surface area contributed by atoms with Gasteiger partial charge in [-0.2, -0.15) is 0 Å². The molecule has 2 aromatic rings. The van der Waals surface area contributed by atoms with Gasteiger partial charge in [-0.05, 0) is 48.2 Å². The van der Waals surface area contributed by atoms with E-state index in [1.54, 1.807) is 0 Å². The number of aryl methyl sites for hydroxylation is 1. The number of ether oxygens (including phenoxy) is 1.